The Morgan fingerprint density at radius 3 is 2.32 bits per heavy atom. The van der Waals surface area contributed by atoms with Crippen LogP contribution >= 0.6 is 11.6 Å². The number of benzene rings is 2. The van der Waals surface area contributed by atoms with Gasteiger partial charge >= 0.3 is 5.97 Å². The highest BCUT2D eigenvalue weighted by Gasteiger charge is 2.16. The van der Waals surface area contributed by atoms with Crippen LogP contribution in [-0.2, 0) is 9.90 Å². The fraction of sp³-hybridized carbons (Fsp3) is 0.133. The van der Waals surface area contributed by atoms with Crippen molar-refractivity contribution in [3.63, 3.8) is 0 Å². The molecular weight excluding hydrogens is 264 g/mol. The number of carbonyl (C=O) groups excluding carboxylic acids is 1. The highest BCUT2D eigenvalue weighted by molar-refractivity contribution is 6.30. The van der Waals surface area contributed by atoms with Gasteiger partial charge in [-0.25, -0.2) is 5.11 Å². The molecule has 0 fully saturated rings. The maximum atomic E-state index is 11.9. The van der Waals surface area contributed by atoms with E-state index >= 15 is 0 Å². The van der Waals surface area contributed by atoms with Gasteiger partial charge in [0, 0.05) is 5.02 Å². The standard InChI is InChI=1S/C15H12ClO3/c16-12-8-6-11(7-9-12)14(17)10-15(18)19-13-4-2-1-3-5-13/h1-9,14H,10H2/t14-/m1/s1. The quantitative estimate of drug-likeness (QED) is 0.629. The first kappa shape index (κ1) is 13.6. The SMILES string of the molecule is [O][C@H](CC(=O)Oc1ccccc1)c1ccc(Cl)cc1. The minimum absolute atomic E-state index is 0.212. The second-order valence-corrected chi connectivity index (χ2v) is 4.47. The summed E-state index contributed by atoms with van der Waals surface area (Å²) in [6.07, 6.45) is -1.36. The topological polar surface area (TPSA) is 46.2 Å². The molecule has 1 radical (unpaired) electrons. The van der Waals surface area contributed by atoms with Crippen LogP contribution < -0.4 is 4.74 Å². The lowest BCUT2D eigenvalue weighted by Crippen LogP contribution is -2.12. The van der Waals surface area contributed by atoms with Gasteiger partial charge in [-0.2, -0.15) is 0 Å². The van der Waals surface area contributed by atoms with E-state index in [-0.39, 0.29) is 6.42 Å². The number of halogens is 1. The molecule has 97 valence electrons. The van der Waals surface area contributed by atoms with E-state index in [4.69, 9.17) is 16.3 Å². The first-order chi connectivity index (χ1) is 9.15. The van der Waals surface area contributed by atoms with Crippen LogP contribution in [0.5, 0.6) is 5.75 Å². The highest BCUT2D eigenvalue weighted by atomic mass is 35.5. The summed E-state index contributed by atoms with van der Waals surface area (Å²) >= 11 is 5.74. The summed E-state index contributed by atoms with van der Waals surface area (Å²) in [5.74, 6) is -0.100. The molecule has 0 aromatic heterocycles. The van der Waals surface area contributed by atoms with Crippen molar-refractivity contribution in [3.8, 4) is 5.75 Å². The Kier molecular flexibility index (Phi) is 4.55. The molecule has 0 aliphatic carbocycles. The third-order valence-electron chi connectivity index (χ3n) is 2.57. The van der Waals surface area contributed by atoms with Crippen molar-refractivity contribution in [2.75, 3.05) is 0 Å². The molecule has 0 saturated heterocycles. The maximum Gasteiger partial charge on any atom is 0.314 e. The van der Waals surface area contributed by atoms with Crippen LogP contribution in [0, 0.1) is 0 Å². The molecule has 0 amide bonds. The zero-order valence-electron chi connectivity index (χ0n) is 10.1. The molecule has 3 nitrogen and oxygen atoms in total. The first-order valence-corrected chi connectivity index (χ1v) is 6.20. The summed E-state index contributed by atoms with van der Waals surface area (Å²) in [5, 5.41) is 12.5. The average Bonchev–Trinajstić information content (AvgIpc) is 2.40. The molecule has 19 heavy (non-hydrogen) atoms. The average molecular weight is 276 g/mol. The number of rotatable bonds is 4. The van der Waals surface area contributed by atoms with Crippen LogP contribution in [-0.4, -0.2) is 5.97 Å². The minimum Gasteiger partial charge on any atom is -0.426 e. The van der Waals surface area contributed by atoms with E-state index < -0.39 is 12.1 Å². The highest BCUT2D eigenvalue weighted by Crippen LogP contribution is 2.21. The van der Waals surface area contributed by atoms with Gasteiger partial charge < -0.3 is 4.74 Å². The molecule has 0 heterocycles. The summed E-state index contributed by atoms with van der Waals surface area (Å²) in [5.41, 5.74) is 0.523. The number of para-hydroxylation sites is 1. The predicted molar refractivity (Wildman–Crippen MR) is 71.6 cm³/mol. The van der Waals surface area contributed by atoms with Gasteiger partial charge in [0.25, 0.3) is 0 Å². The molecule has 0 aliphatic rings. The van der Waals surface area contributed by atoms with Gasteiger partial charge in [0.05, 0.1) is 6.42 Å². The number of hydrogen-bond donors (Lipinski definition) is 0. The van der Waals surface area contributed by atoms with Crippen molar-refractivity contribution >= 4 is 17.6 Å². The van der Waals surface area contributed by atoms with Gasteiger partial charge in [-0.1, -0.05) is 41.9 Å². The molecule has 2 aromatic carbocycles. The van der Waals surface area contributed by atoms with E-state index in [0.29, 0.717) is 16.3 Å². The summed E-state index contributed by atoms with van der Waals surface area (Å²) in [7, 11) is 0. The Morgan fingerprint density at radius 2 is 1.68 bits per heavy atom. The first-order valence-electron chi connectivity index (χ1n) is 5.82. The molecule has 0 unspecified atom stereocenters. The van der Waals surface area contributed by atoms with Crippen molar-refractivity contribution in [2.24, 2.45) is 0 Å². The van der Waals surface area contributed by atoms with Crippen LogP contribution in [0.3, 0.4) is 0 Å². The van der Waals surface area contributed by atoms with Gasteiger partial charge in [0.15, 0.2) is 0 Å². The lowest BCUT2D eigenvalue weighted by molar-refractivity contribution is -0.137. The minimum atomic E-state index is -1.14. The Bertz CT molecular complexity index is 537. The molecule has 4 heteroatoms. The number of carbonyl (C=O) groups is 1. The Balaban J connectivity index is 1.93. The number of ether oxygens (including phenoxy) is 1. The van der Waals surface area contributed by atoms with Crippen LogP contribution in [0.15, 0.2) is 54.6 Å². The smallest absolute Gasteiger partial charge is 0.314 e. The van der Waals surface area contributed by atoms with Crippen molar-refractivity contribution < 1.29 is 14.6 Å². The molecule has 2 rings (SSSR count). The lowest BCUT2D eigenvalue weighted by atomic mass is 10.1. The third-order valence-corrected chi connectivity index (χ3v) is 2.82. The Morgan fingerprint density at radius 1 is 1.05 bits per heavy atom. The predicted octanol–water partition coefficient (Wildman–Crippen LogP) is 3.81. The van der Waals surface area contributed by atoms with Crippen LogP contribution in [0.2, 0.25) is 5.02 Å². The Hall–Kier alpha value is -1.84. The summed E-state index contributed by atoms with van der Waals surface area (Å²) in [4.78, 5) is 11.6. The van der Waals surface area contributed by atoms with Crippen LogP contribution in [0.1, 0.15) is 18.1 Å². The second kappa shape index (κ2) is 6.36. The van der Waals surface area contributed by atoms with Gasteiger partial charge in [-0.3, -0.25) is 4.79 Å². The molecule has 1 atom stereocenters. The normalized spacial score (nSPS) is 11.9. The zero-order chi connectivity index (χ0) is 13.7. The van der Waals surface area contributed by atoms with Gasteiger partial charge in [-0.05, 0) is 29.8 Å². The monoisotopic (exact) mass is 275 g/mol. The second-order valence-electron chi connectivity index (χ2n) is 4.03. The third kappa shape index (κ3) is 4.09. The molecule has 0 spiro atoms. The molecule has 0 N–H and O–H groups in total. The van der Waals surface area contributed by atoms with Crippen molar-refractivity contribution in [1.29, 1.82) is 0 Å². The number of esters is 1. The fourth-order valence-electron chi connectivity index (χ4n) is 1.61. The summed E-state index contributed by atoms with van der Waals surface area (Å²) in [6, 6.07) is 15.2. The summed E-state index contributed by atoms with van der Waals surface area (Å²) < 4.78 is 5.07. The molecule has 0 bridgehead atoms. The van der Waals surface area contributed by atoms with E-state index in [1.807, 2.05) is 6.07 Å². The van der Waals surface area contributed by atoms with Gasteiger partial charge in [-0.15, -0.1) is 0 Å². The largest absolute Gasteiger partial charge is 0.426 e. The lowest BCUT2D eigenvalue weighted by Gasteiger charge is -2.08. The van der Waals surface area contributed by atoms with Gasteiger partial charge in [0.1, 0.15) is 11.9 Å². The van der Waals surface area contributed by atoms with Crippen molar-refractivity contribution in [1.82, 2.24) is 0 Å². The van der Waals surface area contributed by atoms with Crippen LogP contribution in [0.25, 0.3) is 0 Å². The fourth-order valence-corrected chi connectivity index (χ4v) is 1.73. The maximum absolute atomic E-state index is 11.9. The molecule has 0 aliphatic heterocycles. The van der Waals surface area contributed by atoms with Crippen molar-refractivity contribution in [2.45, 2.75) is 12.5 Å². The summed E-state index contributed by atoms with van der Waals surface area (Å²) in [6.45, 7) is 0. The molecule has 2 aromatic rings. The van der Waals surface area contributed by atoms with E-state index in [1.54, 1.807) is 48.5 Å². The van der Waals surface area contributed by atoms with Gasteiger partial charge in [0.2, 0.25) is 0 Å². The van der Waals surface area contributed by atoms with E-state index in [1.165, 1.54) is 0 Å². The van der Waals surface area contributed by atoms with E-state index in [2.05, 4.69) is 0 Å². The number of hydrogen-bond acceptors (Lipinski definition) is 2. The van der Waals surface area contributed by atoms with Crippen molar-refractivity contribution in [3.05, 3.63) is 65.2 Å². The van der Waals surface area contributed by atoms with E-state index in [9.17, 15) is 9.90 Å². The molecule has 0 saturated carbocycles. The molecular formula is C15H12ClO3. The van der Waals surface area contributed by atoms with E-state index in [0.717, 1.165) is 0 Å². The van der Waals surface area contributed by atoms with Crippen LogP contribution in [0.4, 0.5) is 0 Å². The zero-order valence-corrected chi connectivity index (χ0v) is 10.8. The Labute approximate surface area is 116 Å².